The second-order valence-corrected chi connectivity index (χ2v) is 3.79. The Hall–Kier alpha value is -1.49. The first-order valence-corrected chi connectivity index (χ1v) is 5.79. The molecule has 2 N–H and O–H groups in total. The van der Waals surface area contributed by atoms with Crippen LogP contribution < -0.4 is 10.6 Å². The molecule has 94 valence electrons. The number of nitrogens with zero attached hydrogens (tertiary/aromatic N) is 1. The van der Waals surface area contributed by atoms with Crippen LogP contribution in [0.1, 0.15) is 25.3 Å². The van der Waals surface area contributed by atoms with Crippen molar-refractivity contribution >= 4 is 5.91 Å². The van der Waals surface area contributed by atoms with Crippen LogP contribution in [0.25, 0.3) is 0 Å². The Morgan fingerprint density at radius 3 is 2.94 bits per heavy atom. The van der Waals surface area contributed by atoms with Gasteiger partial charge in [-0.1, -0.05) is 6.92 Å². The molecular formula is C12H18FN3O. The summed E-state index contributed by atoms with van der Waals surface area (Å²) in [6.07, 6.45) is 4.14. The summed E-state index contributed by atoms with van der Waals surface area (Å²) in [4.78, 5) is 15.0. The van der Waals surface area contributed by atoms with Gasteiger partial charge >= 0.3 is 0 Å². The fourth-order valence-corrected chi connectivity index (χ4v) is 1.34. The molecule has 0 aliphatic rings. The first-order chi connectivity index (χ1) is 8.22. The van der Waals surface area contributed by atoms with E-state index in [2.05, 4.69) is 15.6 Å². The van der Waals surface area contributed by atoms with E-state index in [4.69, 9.17) is 0 Å². The van der Waals surface area contributed by atoms with Crippen LogP contribution in [0.15, 0.2) is 18.5 Å². The highest BCUT2D eigenvalue weighted by Gasteiger charge is 2.00. The molecule has 0 atom stereocenters. The highest BCUT2D eigenvalue weighted by Crippen LogP contribution is 1.99. The third kappa shape index (κ3) is 5.97. The van der Waals surface area contributed by atoms with Crippen LogP contribution in [-0.4, -0.2) is 24.0 Å². The summed E-state index contributed by atoms with van der Waals surface area (Å²) < 4.78 is 12.8. The summed E-state index contributed by atoms with van der Waals surface area (Å²) in [7, 11) is 0. The zero-order valence-corrected chi connectivity index (χ0v) is 10.0. The molecule has 0 saturated carbocycles. The van der Waals surface area contributed by atoms with E-state index in [-0.39, 0.29) is 11.7 Å². The molecule has 1 rings (SSSR count). The van der Waals surface area contributed by atoms with E-state index in [1.807, 2.05) is 6.92 Å². The standard InChI is InChI=1S/C12H18FN3O/c1-2-4-16-12(17)3-5-14-7-10-6-11(13)9-15-8-10/h6,8-9,14H,2-5,7H2,1H3,(H,16,17). The summed E-state index contributed by atoms with van der Waals surface area (Å²) in [6, 6.07) is 1.43. The fraction of sp³-hybridized carbons (Fsp3) is 0.500. The van der Waals surface area contributed by atoms with Crippen molar-refractivity contribution in [1.29, 1.82) is 0 Å². The molecule has 0 aromatic carbocycles. The van der Waals surface area contributed by atoms with Crippen molar-refractivity contribution in [3.63, 3.8) is 0 Å². The zero-order chi connectivity index (χ0) is 12.5. The van der Waals surface area contributed by atoms with E-state index >= 15 is 0 Å². The predicted molar refractivity (Wildman–Crippen MR) is 63.8 cm³/mol. The number of halogens is 1. The van der Waals surface area contributed by atoms with E-state index in [9.17, 15) is 9.18 Å². The largest absolute Gasteiger partial charge is 0.356 e. The average Bonchev–Trinajstić information content (AvgIpc) is 2.32. The Morgan fingerprint density at radius 1 is 1.41 bits per heavy atom. The second-order valence-electron chi connectivity index (χ2n) is 3.79. The third-order valence-corrected chi connectivity index (χ3v) is 2.19. The summed E-state index contributed by atoms with van der Waals surface area (Å²) >= 11 is 0. The smallest absolute Gasteiger partial charge is 0.221 e. The summed E-state index contributed by atoms with van der Waals surface area (Å²) in [5, 5.41) is 5.86. The summed E-state index contributed by atoms with van der Waals surface area (Å²) in [5.41, 5.74) is 0.777. The van der Waals surface area contributed by atoms with E-state index in [0.29, 0.717) is 26.1 Å². The van der Waals surface area contributed by atoms with Crippen molar-refractivity contribution in [3.8, 4) is 0 Å². The Kier molecular flexibility index (Phi) is 6.17. The minimum absolute atomic E-state index is 0.0386. The van der Waals surface area contributed by atoms with Gasteiger partial charge in [-0.3, -0.25) is 9.78 Å². The topological polar surface area (TPSA) is 54.0 Å². The number of carbonyl (C=O) groups is 1. The normalized spacial score (nSPS) is 10.2. The van der Waals surface area contributed by atoms with Gasteiger partial charge in [0, 0.05) is 32.3 Å². The number of pyridine rings is 1. The second kappa shape index (κ2) is 7.73. The van der Waals surface area contributed by atoms with Crippen LogP contribution in [0, 0.1) is 5.82 Å². The molecule has 17 heavy (non-hydrogen) atoms. The molecule has 0 aliphatic carbocycles. The lowest BCUT2D eigenvalue weighted by Crippen LogP contribution is -2.28. The first kappa shape index (κ1) is 13.6. The number of carbonyl (C=O) groups excluding carboxylic acids is 1. The van der Waals surface area contributed by atoms with Gasteiger partial charge in [0.15, 0.2) is 0 Å². The molecule has 1 heterocycles. The van der Waals surface area contributed by atoms with Crippen LogP contribution in [-0.2, 0) is 11.3 Å². The molecule has 1 amide bonds. The van der Waals surface area contributed by atoms with Crippen molar-refractivity contribution in [2.45, 2.75) is 26.3 Å². The van der Waals surface area contributed by atoms with Crippen LogP contribution in [0.5, 0.6) is 0 Å². The maximum absolute atomic E-state index is 12.8. The number of nitrogens with one attached hydrogen (secondary N) is 2. The average molecular weight is 239 g/mol. The molecule has 0 radical (unpaired) electrons. The lowest BCUT2D eigenvalue weighted by molar-refractivity contribution is -0.120. The van der Waals surface area contributed by atoms with Crippen molar-refractivity contribution in [3.05, 3.63) is 29.8 Å². The van der Waals surface area contributed by atoms with Crippen molar-refractivity contribution < 1.29 is 9.18 Å². The monoisotopic (exact) mass is 239 g/mol. The molecule has 0 bridgehead atoms. The number of hydrogen-bond donors (Lipinski definition) is 2. The van der Waals surface area contributed by atoms with Gasteiger partial charge in [-0.15, -0.1) is 0 Å². The molecule has 1 aromatic rings. The molecule has 0 aliphatic heterocycles. The number of amides is 1. The zero-order valence-electron chi connectivity index (χ0n) is 10.0. The lowest BCUT2D eigenvalue weighted by atomic mass is 10.3. The van der Waals surface area contributed by atoms with Gasteiger partial charge < -0.3 is 10.6 Å². The Morgan fingerprint density at radius 2 is 2.24 bits per heavy atom. The van der Waals surface area contributed by atoms with Gasteiger partial charge in [-0.25, -0.2) is 4.39 Å². The maximum atomic E-state index is 12.8. The highest BCUT2D eigenvalue weighted by molar-refractivity contribution is 5.75. The SMILES string of the molecule is CCCNC(=O)CCNCc1cncc(F)c1. The quantitative estimate of drug-likeness (QED) is 0.704. The Balaban J connectivity index is 2.14. The fourth-order valence-electron chi connectivity index (χ4n) is 1.34. The first-order valence-electron chi connectivity index (χ1n) is 5.79. The van der Waals surface area contributed by atoms with Gasteiger partial charge in [-0.2, -0.15) is 0 Å². The van der Waals surface area contributed by atoms with Crippen molar-refractivity contribution in [2.24, 2.45) is 0 Å². The Labute approximate surface area is 101 Å². The van der Waals surface area contributed by atoms with Crippen molar-refractivity contribution in [2.75, 3.05) is 13.1 Å². The van der Waals surface area contributed by atoms with Gasteiger partial charge in [0.05, 0.1) is 6.20 Å². The molecule has 4 nitrogen and oxygen atoms in total. The van der Waals surface area contributed by atoms with Gasteiger partial charge in [-0.05, 0) is 18.1 Å². The minimum atomic E-state index is -0.343. The van der Waals surface area contributed by atoms with Crippen molar-refractivity contribution in [1.82, 2.24) is 15.6 Å². The molecular weight excluding hydrogens is 221 g/mol. The van der Waals surface area contributed by atoms with E-state index in [1.54, 1.807) is 6.20 Å². The lowest BCUT2D eigenvalue weighted by Gasteiger charge is -2.05. The van der Waals surface area contributed by atoms with Gasteiger partial charge in [0.1, 0.15) is 5.82 Å². The highest BCUT2D eigenvalue weighted by atomic mass is 19.1. The number of aromatic nitrogens is 1. The molecule has 0 fully saturated rings. The van der Waals surface area contributed by atoms with Gasteiger partial charge in [0.2, 0.25) is 5.91 Å². The molecule has 5 heteroatoms. The minimum Gasteiger partial charge on any atom is -0.356 e. The van der Waals surface area contributed by atoms with Gasteiger partial charge in [0.25, 0.3) is 0 Å². The maximum Gasteiger partial charge on any atom is 0.221 e. The number of rotatable bonds is 7. The molecule has 0 unspecified atom stereocenters. The Bertz CT molecular complexity index is 357. The molecule has 1 aromatic heterocycles. The number of hydrogen-bond acceptors (Lipinski definition) is 3. The van der Waals surface area contributed by atoms with E-state index < -0.39 is 0 Å². The summed E-state index contributed by atoms with van der Waals surface area (Å²) in [5.74, 6) is -0.304. The van der Waals surface area contributed by atoms with Crippen LogP contribution in [0.4, 0.5) is 4.39 Å². The third-order valence-electron chi connectivity index (χ3n) is 2.19. The van der Waals surface area contributed by atoms with E-state index in [1.165, 1.54) is 12.3 Å². The van der Waals surface area contributed by atoms with E-state index in [0.717, 1.165) is 12.0 Å². The van der Waals surface area contributed by atoms with Crippen LogP contribution in [0.3, 0.4) is 0 Å². The molecule has 0 spiro atoms. The summed E-state index contributed by atoms with van der Waals surface area (Å²) in [6.45, 7) is 3.82. The molecule has 0 saturated heterocycles. The van der Waals surface area contributed by atoms with Crippen LogP contribution in [0.2, 0.25) is 0 Å². The predicted octanol–water partition coefficient (Wildman–Crippen LogP) is 1.23. The van der Waals surface area contributed by atoms with Crippen LogP contribution >= 0.6 is 0 Å².